The molecule has 2 aromatic carbocycles. The van der Waals surface area contributed by atoms with Crippen molar-refractivity contribution in [1.82, 2.24) is 4.90 Å². The van der Waals surface area contributed by atoms with Gasteiger partial charge in [0.2, 0.25) is 0 Å². The number of hydrogen-bond acceptors (Lipinski definition) is 4. The molecule has 0 bridgehead atoms. The van der Waals surface area contributed by atoms with E-state index in [4.69, 9.17) is 4.74 Å². The van der Waals surface area contributed by atoms with Crippen LogP contribution in [0.25, 0.3) is 0 Å². The van der Waals surface area contributed by atoms with Crippen molar-refractivity contribution in [3.8, 4) is 5.75 Å². The summed E-state index contributed by atoms with van der Waals surface area (Å²) >= 11 is 0. The van der Waals surface area contributed by atoms with Crippen LogP contribution in [0.4, 0.5) is 4.39 Å². The number of benzene rings is 2. The highest BCUT2D eigenvalue weighted by atomic mass is 19.1. The number of ether oxygens (including phenoxy) is 1. The molecule has 0 fully saturated rings. The largest absolute Gasteiger partial charge is 0.425 e. The van der Waals surface area contributed by atoms with Crippen molar-refractivity contribution in [3.63, 3.8) is 0 Å². The summed E-state index contributed by atoms with van der Waals surface area (Å²) in [5.74, 6) is -2.16. The maximum absolute atomic E-state index is 12.8. The van der Waals surface area contributed by atoms with E-state index in [1.807, 2.05) is 0 Å². The minimum absolute atomic E-state index is 0.139. The fraction of sp³-hybridized carbons (Fsp3) is 0.118. The molecule has 1 heterocycles. The molecule has 0 aromatic heterocycles. The average Bonchev–Trinajstić information content (AvgIpc) is 2.81. The van der Waals surface area contributed by atoms with Crippen LogP contribution in [0.5, 0.6) is 5.75 Å². The highest BCUT2D eigenvalue weighted by Crippen LogP contribution is 2.25. The molecule has 2 amide bonds. The number of esters is 1. The van der Waals surface area contributed by atoms with Crippen LogP contribution in [0.2, 0.25) is 0 Å². The zero-order valence-corrected chi connectivity index (χ0v) is 12.2. The number of hydrogen-bond donors (Lipinski definition) is 0. The predicted octanol–water partition coefficient (Wildman–Crippen LogP) is 2.42. The zero-order valence-electron chi connectivity index (χ0n) is 12.2. The van der Waals surface area contributed by atoms with Crippen molar-refractivity contribution in [2.45, 2.75) is 13.0 Å². The molecule has 0 spiro atoms. The first-order chi connectivity index (χ1) is 11.0. The Hall–Kier alpha value is -3.02. The molecule has 1 unspecified atom stereocenters. The number of rotatable bonds is 3. The van der Waals surface area contributed by atoms with Crippen LogP contribution < -0.4 is 4.74 Å². The molecular formula is C17H12FNO4. The van der Waals surface area contributed by atoms with Gasteiger partial charge in [-0.15, -0.1) is 0 Å². The summed E-state index contributed by atoms with van der Waals surface area (Å²) in [6.07, 6.45) is 0. The van der Waals surface area contributed by atoms with Gasteiger partial charge in [-0.05, 0) is 43.3 Å². The second-order valence-electron chi connectivity index (χ2n) is 5.08. The van der Waals surface area contributed by atoms with E-state index in [1.165, 1.54) is 31.2 Å². The van der Waals surface area contributed by atoms with Gasteiger partial charge >= 0.3 is 5.97 Å². The molecule has 0 aliphatic carbocycles. The van der Waals surface area contributed by atoms with E-state index in [-0.39, 0.29) is 16.9 Å². The molecule has 0 saturated carbocycles. The van der Waals surface area contributed by atoms with E-state index < -0.39 is 29.6 Å². The first-order valence-corrected chi connectivity index (χ1v) is 6.93. The fourth-order valence-electron chi connectivity index (χ4n) is 2.37. The van der Waals surface area contributed by atoms with Gasteiger partial charge in [-0.2, -0.15) is 0 Å². The maximum atomic E-state index is 12.8. The first-order valence-electron chi connectivity index (χ1n) is 6.93. The Bertz CT molecular complexity index is 765. The highest BCUT2D eigenvalue weighted by Gasteiger charge is 2.41. The van der Waals surface area contributed by atoms with Gasteiger partial charge in [-0.1, -0.05) is 12.1 Å². The van der Waals surface area contributed by atoms with Gasteiger partial charge in [0.25, 0.3) is 11.8 Å². The zero-order chi connectivity index (χ0) is 16.6. The van der Waals surface area contributed by atoms with E-state index >= 15 is 0 Å². The van der Waals surface area contributed by atoms with Crippen LogP contribution in [-0.2, 0) is 4.79 Å². The summed E-state index contributed by atoms with van der Waals surface area (Å²) in [7, 11) is 0. The lowest BCUT2D eigenvalue weighted by atomic mass is 10.1. The SMILES string of the molecule is CC(C(=O)Oc1ccc(F)cc1)N1C(=O)c2ccccc2C1=O. The lowest BCUT2D eigenvalue weighted by Crippen LogP contribution is -2.44. The Labute approximate surface area is 131 Å². The third-order valence-electron chi connectivity index (χ3n) is 3.59. The topological polar surface area (TPSA) is 63.7 Å². The minimum Gasteiger partial charge on any atom is -0.425 e. The van der Waals surface area contributed by atoms with Gasteiger partial charge in [-0.3, -0.25) is 14.5 Å². The van der Waals surface area contributed by atoms with Crippen LogP contribution in [0.15, 0.2) is 48.5 Å². The molecule has 1 aliphatic heterocycles. The predicted molar refractivity (Wildman–Crippen MR) is 78.4 cm³/mol. The highest BCUT2D eigenvalue weighted by molar-refractivity contribution is 6.22. The molecule has 23 heavy (non-hydrogen) atoms. The molecule has 1 aliphatic rings. The molecule has 3 rings (SSSR count). The number of fused-ring (bicyclic) bond motifs is 1. The Morgan fingerprint density at radius 3 is 2.04 bits per heavy atom. The van der Waals surface area contributed by atoms with E-state index in [0.717, 1.165) is 17.0 Å². The summed E-state index contributed by atoms with van der Waals surface area (Å²) in [6.45, 7) is 1.41. The van der Waals surface area contributed by atoms with Crippen molar-refractivity contribution in [1.29, 1.82) is 0 Å². The summed E-state index contributed by atoms with van der Waals surface area (Å²) in [6, 6.07) is 10.2. The summed E-state index contributed by atoms with van der Waals surface area (Å²) < 4.78 is 17.9. The Kier molecular flexibility index (Phi) is 3.65. The normalized spacial score (nSPS) is 14.6. The minimum atomic E-state index is -1.09. The van der Waals surface area contributed by atoms with Crippen LogP contribution in [-0.4, -0.2) is 28.7 Å². The van der Waals surface area contributed by atoms with Gasteiger partial charge < -0.3 is 4.74 Å². The Morgan fingerprint density at radius 2 is 1.52 bits per heavy atom. The van der Waals surface area contributed by atoms with Crippen molar-refractivity contribution < 1.29 is 23.5 Å². The number of halogens is 1. The third-order valence-corrected chi connectivity index (χ3v) is 3.59. The number of nitrogens with zero attached hydrogens (tertiary/aromatic N) is 1. The van der Waals surface area contributed by atoms with Crippen LogP contribution in [0, 0.1) is 5.82 Å². The maximum Gasteiger partial charge on any atom is 0.334 e. The van der Waals surface area contributed by atoms with E-state index in [0.29, 0.717) is 0 Å². The van der Waals surface area contributed by atoms with Crippen molar-refractivity contribution >= 4 is 17.8 Å². The summed E-state index contributed by atoms with van der Waals surface area (Å²) in [5, 5.41) is 0. The van der Waals surface area contributed by atoms with Crippen molar-refractivity contribution in [3.05, 3.63) is 65.5 Å². The van der Waals surface area contributed by atoms with Crippen LogP contribution in [0.1, 0.15) is 27.6 Å². The quantitative estimate of drug-likeness (QED) is 0.496. The van der Waals surface area contributed by atoms with Gasteiger partial charge in [0.05, 0.1) is 11.1 Å². The van der Waals surface area contributed by atoms with Crippen molar-refractivity contribution in [2.24, 2.45) is 0 Å². The van der Waals surface area contributed by atoms with Gasteiger partial charge in [0.1, 0.15) is 17.6 Å². The summed E-state index contributed by atoms with van der Waals surface area (Å²) in [5.41, 5.74) is 0.526. The molecule has 5 nitrogen and oxygen atoms in total. The first kappa shape index (κ1) is 14.9. The fourth-order valence-corrected chi connectivity index (χ4v) is 2.37. The Morgan fingerprint density at radius 1 is 1.00 bits per heavy atom. The number of carbonyl (C=O) groups excluding carboxylic acids is 3. The third kappa shape index (κ3) is 2.59. The molecule has 0 saturated heterocycles. The second kappa shape index (κ2) is 5.64. The molecule has 0 N–H and O–H groups in total. The van der Waals surface area contributed by atoms with E-state index in [9.17, 15) is 18.8 Å². The van der Waals surface area contributed by atoms with Gasteiger partial charge in [-0.25, -0.2) is 9.18 Å². The molecule has 0 radical (unpaired) electrons. The van der Waals surface area contributed by atoms with Gasteiger partial charge in [0.15, 0.2) is 0 Å². The molecule has 2 aromatic rings. The lowest BCUT2D eigenvalue weighted by Gasteiger charge is -2.20. The number of carbonyl (C=O) groups is 3. The van der Waals surface area contributed by atoms with Crippen molar-refractivity contribution in [2.75, 3.05) is 0 Å². The average molecular weight is 313 g/mol. The lowest BCUT2D eigenvalue weighted by molar-refractivity contribution is -0.138. The molecule has 116 valence electrons. The van der Waals surface area contributed by atoms with Crippen LogP contribution in [0.3, 0.4) is 0 Å². The second-order valence-corrected chi connectivity index (χ2v) is 5.08. The van der Waals surface area contributed by atoms with Crippen LogP contribution >= 0.6 is 0 Å². The van der Waals surface area contributed by atoms with E-state index in [1.54, 1.807) is 12.1 Å². The van der Waals surface area contributed by atoms with Gasteiger partial charge in [0, 0.05) is 0 Å². The van der Waals surface area contributed by atoms with E-state index in [2.05, 4.69) is 0 Å². The molecule has 1 atom stereocenters. The smallest absolute Gasteiger partial charge is 0.334 e. The number of imide groups is 1. The molecule has 6 heteroatoms. The summed E-state index contributed by atoms with van der Waals surface area (Å²) in [4.78, 5) is 37.6. The number of amides is 2. The monoisotopic (exact) mass is 313 g/mol. The Balaban J connectivity index is 1.79. The molecular weight excluding hydrogens is 301 g/mol. The standard InChI is InChI=1S/C17H12FNO4/c1-10(17(22)23-12-8-6-11(18)7-9-12)19-15(20)13-4-2-3-5-14(13)16(19)21/h2-10H,1H3.